The van der Waals surface area contributed by atoms with E-state index in [1.54, 1.807) is 17.2 Å². The lowest BCUT2D eigenvalue weighted by Crippen LogP contribution is -2.01. The highest BCUT2D eigenvalue weighted by Gasteiger charge is 2.03. The zero-order chi connectivity index (χ0) is 9.97. The van der Waals surface area contributed by atoms with Crippen molar-refractivity contribution in [3.8, 4) is 5.69 Å². The highest BCUT2D eigenvalue weighted by Crippen LogP contribution is 2.20. The van der Waals surface area contributed by atoms with E-state index >= 15 is 0 Å². The highest BCUT2D eigenvalue weighted by molar-refractivity contribution is 9.10. The van der Waals surface area contributed by atoms with Crippen LogP contribution in [0.3, 0.4) is 0 Å². The number of nitrogens with zero attached hydrogens (tertiary/aromatic N) is 3. The molecule has 0 saturated heterocycles. The first kappa shape index (κ1) is 9.36. The monoisotopic (exact) mass is 252 g/mol. The fourth-order valence-corrected chi connectivity index (χ4v) is 1.76. The van der Waals surface area contributed by atoms with E-state index in [0.29, 0.717) is 6.54 Å². The third kappa shape index (κ3) is 1.69. The molecule has 1 aromatic carbocycles. The predicted octanol–water partition coefficient (Wildman–Crippen LogP) is 1.49. The van der Waals surface area contributed by atoms with Crippen molar-refractivity contribution in [1.29, 1.82) is 0 Å². The van der Waals surface area contributed by atoms with Gasteiger partial charge >= 0.3 is 0 Å². The molecule has 0 fully saturated rings. The van der Waals surface area contributed by atoms with E-state index in [4.69, 9.17) is 5.73 Å². The average Bonchev–Trinajstić information content (AvgIpc) is 2.70. The maximum absolute atomic E-state index is 5.53. The van der Waals surface area contributed by atoms with Crippen LogP contribution in [-0.4, -0.2) is 15.0 Å². The molecule has 0 aliphatic rings. The van der Waals surface area contributed by atoms with Crippen molar-refractivity contribution in [3.63, 3.8) is 0 Å². The third-order valence-electron chi connectivity index (χ3n) is 1.88. The van der Waals surface area contributed by atoms with Gasteiger partial charge in [0.25, 0.3) is 0 Å². The number of benzene rings is 1. The standard InChI is InChI=1S/C9H9BrN4/c10-8-5-7(6-11)1-2-9(8)14-12-3-4-13-14/h1-5H,6,11H2. The van der Waals surface area contributed by atoms with Crippen molar-refractivity contribution in [2.24, 2.45) is 5.73 Å². The van der Waals surface area contributed by atoms with Gasteiger partial charge in [0.1, 0.15) is 0 Å². The maximum atomic E-state index is 5.53. The third-order valence-corrected chi connectivity index (χ3v) is 2.52. The Balaban J connectivity index is 2.46. The van der Waals surface area contributed by atoms with Gasteiger partial charge in [0.15, 0.2) is 0 Å². The van der Waals surface area contributed by atoms with Crippen LogP contribution in [0.25, 0.3) is 5.69 Å². The Hall–Kier alpha value is -1.20. The summed E-state index contributed by atoms with van der Waals surface area (Å²) in [7, 11) is 0. The Labute approximate surface area is 89.9 Å². The summed E-state index contributed by atoms with van der Waals surface area (Å²) < 4.78 is 0.941. The Morgan fingerprint density at radius 1 is 1.29 bits per heavy atom. The van der Waals surface area contributed by atoms with Crippen molar-refractivity contribution in [1.82, 2.24) is 15.0 Å². The number of nitrogens with two attached hydrogens (primary N) is 1. The van der Waals surface area contributed by atoms with E-state index in [1.165, 1.54) is 0 Å². The Morgan fingerprint density at radius 2 is 2.00 bits per heavy atom. The SMILES string of the molecule is NCc1ccc(-n2nccn2)c(Br)c1. The zero-order valence-corrected chi connectivity index (χ0v) is 8.98. The van der Waals surface area contributed by atoms with E-state index in [-0.39, 0.29) is 0 Å². The molecule has 2 rings (SSSR count). The van der Waals surface area contributed by atoms with Crippen LogP contribution < -0.4 is 5.73 Å². The quantitative estimate of drug-likeness (QED) is 0.882. The molecule has 2 aromatic rings. The Kier molecular flexibility index (Phi) is 2.60. The smallest absolute Gasteiger partial charge is 0.0998 e. The molecule has 0 aliphatic heterocycles. The lowest BCUT2D eigenvalue weighted by Gasteiger charge is -2.04. The summed E-state index contributed by atoms with van der Waals surface area (Å²) in [6.45, 7) is 0.533. The topological polar surface area (TPSA) is 56.7 Å². The van der Waals surface area contributed by atoms with Gasteiger partial charge in [-0.25, -0.2) is 0 Å². The maximum Gasteiger partial charge on any atom is 0.0998 e. The number of rotatable bonds is 2. The van der Waals surface area contributed by atoms with Crippen LogP contribution in [0, 0.1) is 0 Å². The first-order chi connectivity index (χ1) is 6.81. The summed E-state index contributed by atoms with van der Waals surface area (Å²) in [6, 6.07) is 5.87. The van der Waals surface area contributed by atoms with Crippen molar-refractivity contribution >= 4 is 15.9 Å². The second-order valence-corrected chi connectivity index (χ2v) is 3.66. The second kappa shape index (κ2) is 3.89. The van der Waals surface area contributed by atoms with Gasteiger partial charge < -0.3 is 5.73 Å². The van der Waals surface area contributed by atoms with E-state index in [2.05, 4.69) is 26.1 Å². The first-order valence-corrected chi connectivity index (χ1v) is 4.96. The van der Waals surface area contributed by atoms with Crippen molar-refractivity contribution in [3.05, 3.63) is 40.6 Å². The fourth-order valence-electron chi connectivity index (χ4n) is 1.18. The highest BCUT2D eigenvalue weighted by atomic mass is 79.9. The van der Waals surface area contributed by atoms with E-state index in [0.717, 1.165) is 15.7 Å². The summed E-state index contributed by atoms with van der Waals surface area (Å²) in [5.41, 5.74) is 7.51. The van der Waals surface area contributed by atoms with Crippen LogP contribution in [0.15, 0.2) is 35.1 Å². The van der Waals surface area contributed by atoms with Gasteiger partial charge in [-0.15, -0.1) is 0 Å². The summed E-state index contributed by atoms with van der Waals surface area (Å²) >= 11 is 3.45. The average molecular weight is 253 g/mol. The molecule has 1 aromatic heterocycles. The number of hydrogen-bond donors (Lipinski definition) is 1. The van der Waals surface area contributed by atoms with Crippen LogP contribution in [0.2, 0.25) is 0 Å². The lowest BCUT2D eigenvalue weighted by molar-refractivity contribution is 0.748. The molecule has 0 bridgehead atoms. The van der Waals surface area contributed by atoms with E-state index in [1.807, 2.05) is 18.2 Å². The summed E-state index contributed by atoms with van der Waals surface area (Å²) in [4.78, 5) is 1.56. The van der Waals surface area contributed by atoms with Gasteiger partial charge in [0, 0.05) is 11.0 Å². The van der Waals surface area contributed by atoms with Crippen LogP contribution in [0.4, 0.5) is 0 Å². The van der Waals surface area contributed by atoms with Gasteiger partial charge in [-0.3, -0.25) is 0 Å². The molecule has 0 amide bonds. The molecule has 14 heavy (non-hydrogen) atoms. The minimum Gasteiger partial charge on any atom is -0.326 e. The molecular formula is C9H9BrN4. The van der Waals surface area contributed by atoms with Gasteiger partial charge in [-0.1, -0.05) is 6.07 Å². The van der Waals surface area contributed by atoms with Crippen LogP contribution in [-0.2, 0) is 6.54 Å². The van der Waals surface area contributed by atoms with Crippen LogP contribution in [0.5, 0.6) is 0 Å². The van der Waals surface area contributed by atoms with Crippen molar-refractivity contribution in [2.45, 2.75) is 6.54 Å². The summed E-state index contributed by atoms with van der Waals surface area (Å²) in [6.07, 6.45) is 3.28. The Morgan fingerprint density at radius 3 is 2.57 bits per heavy atom. The van der Waals surface area contributed by atoms with Crippen LogP contribution >= 0.6 is 15.9 Å². The van der Waals surface area contributed by atoms with Gasteiger partial charge in [0.2, 0.25) is 0 Å². The molecule has 2 N–H and O–H groups in total. The second-order valence-electron chi connectivity index (χ2n) is 2.81. The minimum atomic E-state index is 0.533. The molecular weight excluding hydrogens is 244 g/mol. The van der Waals surface area contributed by atoms with Crippen molar-refractivity contribution < 1.29 is 0 Å². The van der Waals surface area contributed by atoms with Crippen molar-refractivity contribution in [2.75, 3.05) is 0 Å². The normalized spacial score (nSPS) is 10.4. The largest absolute Gasteiger partial charge is 0.326 e. The lowest BCUT2D eigenvalue weighted by atomic mass is 10.2. The fraction of sp³-hybridized carbons (Fsp3) is 0.111. The molecule has 4 nitrogen and oxygen atoms in total. The summed E-state index contributed by atoms with van der Waals surface area (Å²) in [5, 5.41) is 8.09. The first-order valence-electron chi connectivity index (χ1n) is 4.16. The molecule has 0 atom stereocenters. The molecule has 0 saturated carbocycles. The number of halogens is 1. The Bertz CT molecular complexity index is 424. The molecule has 0 radical (unpaired) electrons. The number of aromatic nitrogens is 3. The molecule has 1 heterocycles. The van der Waals surface area contributed by atoms with E-state index in [9.17, 15) is 0 Å². The minimum absolute atomic E-state index is 0.533. The van der Waals surface area contributed by atoms with Gasteiger partial charge in [0.05, 0.1) is 18.1 Å². The molecule has 0 aliphatic carbocycles. The summed E-state index contributed by atoms with van der Waals surface area (Å²) in [5.74, 6) is 0. The molecule has 0 spiro atoms. The number of hydrogen-bond acceptors (Lipinski definition) is 3. The zero-order valence-electron chi connectivity index (χ0n) is 7.39. The van der Waals surface area contributed by atoms with Gasteiger partial charge in [-0.05, 0) is 33.6 Å². The predicted molar refractivity (Wildman–Crippen MR) is 57.0 cm³/mol. The van der Waals surface area contributed by atoms with Gasteiger partial charge in [-0.2, -0.15) is 15.0 Å². The molecule has 5 heteroatoms. The van der Waals surface area contributed by atoms with E-state index < -0.39 is 0 Å². The molecule has 0 unspecified atom stereocenters. The molecule has 72 valence electrons. The van der Waals surface area contributed by atoms with Crippen LogP contribution in [0.1, 0.15) is 5.56 Å².